The molecule has 0 unspecified atom stereocenters. The molecule has 3 amide bonds. The average molecular weight is 885 g/mol. The van der Waals surface area contributed by atoms with Crippen LogP contribution in [0.15, 0.2) is 60.0 Å². The molecule has 4 aliphatic rings. The van der Waals surface area contributed by atoms with E-state index >= 15 is 0 Å². The largest absolute Gasteiger partial charge is 0.497 e. The number of carbonyl (C=O) groups excluding carboxylic acids is 3. The number of benzene rings is 2. The molecule has 0 radical (unpaired) electrons. The highest BCUT2D eigenvalue weighted by Crippen LogP contribution is 2.48. The number of nitrogens with zero attached hydrogens (tertiary/aromatic N) is 3. The van der Waals surface area contributed by atoms with Crippen molar-refractivity contribution in [2.75, 3.05) is 26.1 Å². The predicted octanol–water partition coefficient (Wildman–Crippen LogP) is 7.03. The molecular weight excluding hydrogens is 829 g/mol. The molecule has 62 heavy (non-hydrogen) atoms. The molecule has 2 aliphatic heterocycles. The molecule has 2 saturated carbocycles. The Hall–Kier alpha value is -5.22. The van der Waals surface area contributed by atoms with Crippen molar-refractivity contribution in [3.8, 4) is 28.0 Å². The van der Waals surface area contributed by atoms with Crippen LogP contribution >= 0.6 is 11.3 Å². The van der Waals surface area contributed by atoms with Gasteiger partial charge in [0.25, 0.3) is 5.91 Å². The zero-order chi connectivity index (χ0) is 44.0. The van der Waals surface area contributed by atoms with Gasteiger partial charge in [0.05, 0.1) is 36.7 Å². The van der Waals surface area contributed by atoms with Crippen molar-refractivity contribution in [3.05, 3.63) is 71.3 Å². The average Bonchev–Trinajstić information content (AvgIpc) is 4.02. The number of aromatic nitrogens is 2. The maximum absolute atomic E-state index is 15.0. The van der Waals surface area contributed by atoms with Crippen molar-refractivity contribution in [2.24, 2.45) is 5.92 Å². The number of allylic oxidation sites excluding steroid dienone is 1. The highest BCUT2D eigenvalue weighted by Gasteiger charge is 2.63. The Kier molecular flexibility index (Phi) is 12.0. The summed E-state index contributed by atoms with van der Waals surface area (Å²) >= 11 is 1.50. The van der Waals surface area contributed by atoms with Gasteiger partial charge in [0.2, 0.25) is 21.8 Å². The first-order valence-corrected chi connectivity index (χ1v) is 23.9. The summed E-state index contributed by atoms with van der Waals surface area (Å²) in [4.78, 5) is 55.3. The number of hydrogen-bond donors (Lipinski definition) is 3. The summed E-state index contributed by atoms with van der Waals surface area (Å²) in [5.74, 6) is 0.0399. The maximum atomic E-state index is 15.0. The first kappa shape index (κ1) is 43.4. The Balaban J connectivity index is 1.16. The van der Waals surface area contributed by atoms with Gasteiger partial charge in [0, 0.05) is 46.5 Å². The summed E-state index contributed by atoms with van der Waals surface area (Å²) in [6.45, 7) is 7.81. The van der Waals surface area contributed by atoms with E-state index in [1.807, 2.05) is 66.9 Å². The van der Waals surface area contributed by atoms with Crippen LogP contribution in [-0.2, 0) is 24.4 Å². The minimum atomic E-state index is -3.99. The van der Waals surface area contributed by atoms with Crippen LogP contribution in [0.5, 0.6) is 17.2 Å². The second-order valence-electron chi connectivity index (χ2n) is 17.7. The lowest BCUT2D eigenvalue weighted by Gasteiger charge is -2.30. The number of methoxy groups -OCH3 is 2. The molecule has 4 aromatic rings. The topological polar surface area (TPSA) is 178 Å². The number of amides is 3. The van der Waals surface area contributed by atoms with Gasteiger partial charge in [0.15, 0.2) is 0 Å². The second kappa shape index (κ2) is 17.2. The molecule has 14 nitrogen and oxygen atoms in total. The number of anilines is 1. The van der Waals surface area contributed by atoms with Crippen LogP contribution in [0, 0.1) is 12.8 Å². The third-order valence-electron chi connectivity index (χ3n) is 12.9. The fraction of sp³-hybridized carbons (Fsp3) is 0.500. The molecule has 2 aliphatic carbocycles. The van der Waals surface area contributed by atoms with Gasteiger partial charge in [-0.3, -0.25) is 19.1 Å². The van der Waals surface area contributed by atoms with E-state index in [9.17, 15) is 22.8 Å². The van der Waals surface area contributed by atoms with Gasteiger partial charge in [-0.25, -0.2) is 18.4 Å². The smallest absolute Gasteiger partial charge is 0.259 e. The van der Waals surface area contributed by atoms with Crippen LogP contribution in [0.1, 0.15) is 95.7 Å². The van der Waals surface area contributed by atoms with Crippen LogP contribution in [-0.4, -0.2) is 90.2 Å². The summed E-state index contributed by atoms with van der Waals surface area (Å²) in [5.41, 5.74) is 2.29. The molecule has 2 aromatic heterocycles. The number of hydrogen-bond acceptors (Lipinski definition) is 12. The SMILES string of the molecule is COc1cccc(N[C@H]2CCCCCC=C[C@@H]3C[C@@]3(C(=O)NS(=O)(=O)C3(C)CC3)NC(=O)[C@@H]3C[C@@H](Oc4cc(-c5nc(C(C)C)cs5)nc5c(C)c(OC)ccc45)CN3C2=O)c1. The number of sulfonamides is 1. The monoisotopic (exact) mass is 884 g/mol. The van der Waals surface area contributed by atoms with E-state index in [-0.39, 0.29) is 31.2 Å². The number of pyridine rings is 1. The van der Waals surface area contributed by atoms with Crippen LogP contribution in [0.25, 0.3) is 21.6 Å². The van der Waals surface area contributed by atoms with Gasteiger partial charge in [-0.1, -0.05) is 44.9 Å². The standard InChI is InChI=1S/C46H56N6O8S2/c1-27(2)36-26-61-42(49-36)35-23-39(33-17-18-38(59-6)28(3)40(33)48-35)60-32-22-37-41(53)50-46(44(55)51-62(56,57)45(4)19-20-45)24-29(46)13-10-8-7-9-11-16-34(43(54)52(37)25-32)47-30-14-12-15-31(21-30)58-5/h10,12-15,17-18,21,23,26-27,29,32,34,37,47H,7-9,11,16,19-20,22,24-25H2,1-6H3,(H,50,53)(H,51,55)/t29-,32-,34+,37+,46-/m1/s1. The lowest BCUT2D eigenvalue weighted by Crippen LogP contribution is -2.58. The number of thiazole rings is 1. The minimum Gasteiger partial charge on any atom is -0.497 e. The first-order chi connectivity index (χ1) is 29.6. The molecule has 16 heteroatoms. The van der Waals surface area contributed by atoms with Crippen molar-refractivity contribution in [2.45, 2.75) is 120 Å². The molecule has 3 fully saturated rings. The summed E-state index contributed by atoms with van der Waals surface area (Å²) in [7, 11) is -0.788. The molecule has 0 spiro atoms. The van der Waals surface area contributed by atoms with E-state index < -0.39 is 56.2 Å². The fourth-order valence-electron chi connectivity index (χ4n) is 8.52. The predicted molar refractivity (Wildman–Crippen MR) is 239 cm³/mol. The van der Waals surface area contributed by atoms with Crippen LogP contribution in [0.3, 0.4) is 0 Å². The van der Waals surface area contributed by atoms with Crippen LogP contribution in [0.2, 0.25) is 0 Å². The van der Waals surface area contributed by atoms with Crippen molar-refractivity contribution in [1.82, 2.24) is 24.9 Å². The fourth-order valence-corrected chi connectivity index (χ4v) is 10.8. The van der Waals surface area contributed by atoms with E-state index in [0.29, 0.717) is 53.4 Å². The van der Waals surface area contributed by atoms with E-state index in [1.54, 1.807) is 26.0 Å². The zero-order valence-corrected chi connectivity index (χ0v) is 37.8. The van der Waals surface area contributed by atoms with Gasteiger partial charge in [-0.15, -0.1) is 11.3 Å². The number of nitrogens with one attached hydrogen (secondary N) is 3. The minimum absolute atomic E-state index is 0.0749. The lowest BCUT2D eigenvalue weighted by atomic mass is 10.0. The second-order valence-corrected chi connectivity index (χ2v) is 20.7. The Morgan fingerprint density at radius 1 is 1.03 bits per heavy atom. The number of ether oxygens (including phenoxy) is 3. The van der Waals surface area contributed by atoms with Gasteiger partial charge in [0.1, 0.15) is 51.7 Å². The Morgan fingerprint density at radius 3 is 2.56 bits per heavy atom. The lowest BCUT2D eigenvalue weighted by molar-refractivity contribution is -0.140. The van der Waals surface area contributed by atoms with Crippen molar-refractivity contribution in [3.63, 3.8) is 0 Å². The van der Waals surface area contributed by atoms with Gasteiger partial charge < -0.3 is 29.7 Å². The van der Waals surface area contributed by atoms with E-state index in [0.717, 1.165) is 47.3 Å². The molecule has 4 heterocycles. The third-order valence-corrected chi connectivity index (χ3v) is 15.9. The van der Waals surface area contributed by atoms with Crippen LogP contribution < -0.4 is 29.6 Å². The van der Waals surface area contributed by atoms with E-state index in [2.05, 4.69) is 29.2 Å². The number of fused-ring (bicyclic) bond motifs is 3. The zero-order valence-electron chi connectivity index (χ0n) is 36.2. The molecule has 330 valence electrons. The van der Waals surface area contributed by atoms with Gasteiger partial charge in [-0.2, -0.15) is 0 Å². The molecule has 3 N–H and O–H groups in total. The molecular formula is C46H56N6O8S2. The number of rotatable bonds is 11. The Bertz CT molecular complexity index is 2520. The van der Waals surface area contributed by atoms with Crippen molar-refractivity contribution in [1.29, 1.82) is 0 Å². The number of aryl methyl sites for hydroxylation is 1. The van der Waals surface area contributed by atoms with Crippen molar-refractivity contribution >= 4 is 55.7 Å². The Labute approximate surface area is 367 Å². The summed E-state index contributed by atoms with van der Waals surface area (Å²) < 4.78 is 46.0. The van der Waals surface area contributed by atoms with Crippen LogP contribution in [0.4, 0.5) is 5.69 Å². The van der Waals surface area contributed by atoms with E-state index in [1.165, 1.54) is 11.3 Å². The Morgan fingerprint density at radius 2 is 1.84 bits per heavy atom. The first-order valence-electron chi connectivity index (χ1n) is 21.5. The third kappa shape index (κ3) is 8.59. The highest BCUT2D eigenvalue weighted by atomic mass is 32.2. The summed E-state index contributed by atoms with van der Waals surface area (Å²) in [6, 6.07) is 11.3. The molecule has 1 saturated heterocycles. The van der Waals surface area contributed by atoms with Gasteiger partial charge >= 0.3 is 0 Å². The van der Waals surface area contributed by atoms with E-state index in [4.69, 9.17) is 24.2 Å². The van der Waals surface area contributed by atoms with Gasteiger partial charge in [-0.05, 0) is 82.6 Å². The molecule has 5 atom stereocenters. The normalized spacial score (nSPS) is 24.9. The van der Waals surface area contributed by atoms with Crippen molar-refractivity contribution < 1.29 is 37.0 Å². The summed E-state index contributed by atoms with van der Waals surface area (Å²) in [5, 5.41) is 9.93. The quantitative estimate of drug-likeness (QED) is 0.132. The molecule has 0 bridgehead atoms. The highest BCUT2D eigenvalue weighted by molar-refractivity contribution is 7.91. The molecule has 8 rings (SSSR count). The maximum Gasteiger partial charge on any atom is 0.259 e. The number of carbonyl (C=O) groups is 3. The summed E-state index contributed by atoms with van der Waals surface area (Å²) in [6.07, 6.45) is 8.24. The molecule has 2 aromatic carbocycles.